The minimum Gasteiger partial charge on any atom is -0.497 e. The van der Waals surface area contributed by atoms with Crippen LogP contribution in [0.3, 0.4) is 0 Å². The number of aromatic nitrogens is 3. The maximum Gasteiger partial charge on any atom is 0.174 e. The molecular weight excluding hydrogens is 354 g/mol. The van der Waals surface area contributed by atoms with Crippen LogP contribution in [-0.2, 0) is 0 Å². The summed E-state index contributed by atoms with van der Waals surface area (Å²) >= 11 is 2.94. The molecular formula is C18H19N3O2S2. The number of benzene rings is 1. The second-order valence-corrected chi connectivity index (χ2v) is 8.02. The smallest absolute Gasteiger partial charge is 0.174 e. The Labute approximate surface area is 155 Å². The van der Waals surface area contributed by atoms with E-state index in [4.69, 9.17) is 4.74 Å². The molecule has 0 aliphatic carbocycles. The fourth-order valence-corrected chi connectivity index (χ4v) is 4.43. The molecule has 0 radical (unpaired) electrons. The van der Waals surface area contributed by atoms with E-state index in [0.29, 0.717) is 5.75 Å². The molecule has 25 heavy (non-hydrogen) atoms. The fraction of sp³-hybridized carbons (Fsp3) is 0.278. The summed E-state index contributed by atoms with van der Waals surface area (Å²) in [5.74, 6) is 1.25. The number of nitrogens with zero attached hydrogens (tertiary/aromatic N) is 3. The Hall–Kier alpha value is -2.12. The van der Waals surface area contributed by atoms with Gasteiger partial charge in [-0.3, -0.25) is 4.79 Å². The summed E-state index contributed by atoms with van der Waals surface area (Å²) in [5, 5.41) is 8.94. The quantitative estimate of drug-likeness (QED) is 0.478. The van der Waals surface area contributed by atoms with Gasteiger partial charge in [0, 0.05) is 28.7 Å². The molecule has 0 unspecified atom stereocenters. The molecule has 5 nitrogen and oxygen atoms in total. The first-order valence-corrected chi connectivity index (χ1v) is 9.59. The van der Waals surface area contributed by atoms with Crippen LogP contribution in [-0.4, -0.2) is 33.4 Å². The third kappa shape index (κ3) is 3.77. The fourth-order valence-electron chi connectivity index (χ4n) is 2.73. The first-order chi connectivity index (χ1) is 12.0. The predicted molar refractivity (Wildman–Crippen MR) is 101 cm³/mol. The second kappa shape index (κ2) is 7.41. The van der Waals surface area contributed by atoms with Crippen LogP contribution in [0, 0.1) is 20.8 Å². The van der Waals surface area contributed by atoms with Crippen LogP contribution in [0.1, 0.15) is 26.8 Å². The van der Waals surface area contributed by atoms with Gasteiger partial charge in [0.25, 0.3) is 0 Å². The molecule has 2 aromatic heterocycles. The lowest BCUT2D eigenvalue weighted by atomic mass is 10.2. The van der Waals surface area contributed by atoms with E-state index in [1.807, 2.05) is 51.1 Å². The van der Waals surface area contributed by atoms with Gasteiger partial charge in [-0.25, -0.2) is 0 Å². The molecule has 0 amide bonds. The Morgan fingerprint density at radius 1 is 1.24 bits per heavy atom. The third-order valence-electron chi connectivity index (χ3n) is 3.88. The maximum absolute atomic E-state index is 12.7. The Morgan fingerprint density at radius 2 is 2.04 bits per heavy atom. The number of methoxy groups -OCH3 is 1. The van der Waals surface area contributed by atoms with Crippen LogP contribution in [0.2, 0.25) is 0 Å². The van der Waals surface area contributed by atoms with E-state index in [9.17, 15) is 4.79 Å². The van der Waals surface area contributed by atoms with Crippen molar-refractivity contribution in [1.82, 2.24) is 14.8 Å². The lowest BCUT2D eigenvalue weighted by molar-refractivity contribution is 0.102. The van der Waals surface area contributed by atoms with Gasteiger partial charge < -0.3 is 9.30 Å². The molecule has 0 fully saturated rings. The average Bonchev–Trinajstić information content (AvgIpc) is 3.15. The highest BCUT2D eigenvalue weighted by atomic mass is 32.2. The molecule has 130 valence electrons. The summed E-state index contributed by atoms with van der Waals surface area (Å²) in [4.78, 5) is 12.7. The topological polar surface area (TPSA) is 57.0 Å². The lowest BCUT2D eigenvalue weighted by Gasteiger charge is -2.11. The number of Topliss-reactive ketones (excluding diaryl/α,β-unsaturated/α-hetero) is 1. The van der Waals surface area contributed by atoms with Crippen LogP contribution >= 0.6 is 23.1 Å². The monoisotopic (exact) mass is 373 g/mol. The van der Waals surface area contributed by atoms with Gasteiger partial charge in [-0.15, -0.1) is 10.2 Å². The van der Waals surface area contributed by atoms with E-state index in [-0.39, 0.29) is 5.78 Å². The van der Waals surface area contributed by atoms with Gasteiger partial charge >= 0.3 is 0 Å². The van der Waals surface area contributed by atoms with Crippen LogP contribution in [0.25, 0.3) is 5.69 Å². The van der Waals surface area contributed by atoms with Crippen molar-refractivity contribution in [2.24, 2.45) is 0 Å². The zero-order valence-corrected chi connectivity index (χ0v) is 16.2. The van der Waals surface area contributed by atoms with E-state index in [1.165, 1.54) is 23.1 Å². The van der Waals surface area contributed by atoms with Gasteiger partial charge in [0.2, 0.25) is 0 Å². The van der Waals surface area contributed by atoms with Crippen LogP contribution in [0.15, 0.2) is 34.7 Å². The van der Waals surface area contributed by atoms with E-state index in [2.05, 4.69) is 14.8 Å². The van der Waals surface area contributed by atoms with E-state index < -0.39 is 0 Å². The standard InChI is InChI=1S/C18H19N3O2S2/c1-11-8-16(17(22)10-24-18-20-19-13(3)25-18)12(2)21(11)14-6-5-7-15(9-14)23-4/h5-9H,10H2,1-4H3. The van der Waals surface area contributed by atoms with Crippen molar-refractivity contribution in [3.8, 4) is 11.4 Å². The Kier molecular flexibility index (Phi) is 5.24. The SMILES string of the molecule is COc1cccc(-n2c(C)cc(C(=O)CSc3nnc(C)s3)c2C)c1. The first-order valence-electron chi connectivity index (χ1n) is 7.79. The van der Waals surface area contributed by atoms with Gasteiger partial charge in [-0.05, 0) is 39.0 Å². The minimum atomic E-state index is 0.0973. The van der Waals surface area contributed by atoms with Crippen molar-refractivity contribution in [3.05, 3.63) is 52.3 Å². The highest BCUT2D eigenvalue weighted by molar-refractivity contribution is 8.01. The van der Waals surface area contributed by atoms with Crippen molar-refractivity contribution in [1.29, 1.82) is 0 Å². The number of ether oxygens (including phenoxy) is 1. The van der Waals surface area contributed by atoms with Crippen molar-refractivity contribution < 1.29 is 9.53 Å². The minimum absolute atomic E-state index is 0.0973. The number of rotatable bonds is 6. The molecule has 3 aromatic rings. The predicted octanol–water partition coefficient (Wildman–Crippen LogP) is 4.24. The summed E-state index contributed by atoms with van der Waals surface area (Å²) in [6.45, 7) is 5.88. The number of hydrogen-bond donors (Lipinski definition) is 0. The Morgan fingerprint density at radius 3 is 2.72 bits per heavy atom. The van der Waals surface area contributed by atoms with Gasteiger partial charge in [0.1, 0.15) is 10.8 Å². The number of ketones is 1. The summed E-state index contributed by atoms with van der Waals surface area (Å²) in [7, 11) is 1.65. The zero-order valence-electron chi connectivity index (χ0n) is 14.6. The summed E-state index contributed by atoms with van der Waals surface area (Å²) in [5.41, 5.74) is 3.69. The van der Waals surface area contributed by atoms with Crippen LogP contribution in [0.5, 0.6) is 5.75 Å². The van der Waals surface area contributed by atoms with Gasteiger partial charge in [-0.2, -0.15) is 0 Å². The van der Waals surface area contributed by atoms with E-state index >= 15 is 0 Å². The molecule has 1 aromatic carbocycles. The summed E-state index contributed by atoms with van der Waals surface area (Å²) in [6.07, 6.45) is 0. The largest absolute Gasteiger partial charge is 0.497 e. The number of thioether (sulfide) groups is 1. The van der Waals surface area contributed by atoms with Crippen molar-refractivity contribution in [2.75, 3.05) is 12.9 Å². The Bertz CT molecular complexity index is 915. The second-order valence-electron chi connectivity index (χ2n) is 5.62. The number of carbonyl (C=O) groups excluding carboxylic acids is 1. The van der Waals surface area contributed by atoms with Crippen LogP contribution in [0.4, 0.5) is 0 Å². The van der Waals surface area contributed by atoms with E-state index in [0.717, 1.165) is 37.7 Å². The molecule has 0 saturated carbocycles. The number of carbonyl (C=O) groups is 1. The molecule has 0 N–H and O–H groups in total. The Balaban J connectivity index is 1.84. The molecule has 0 saturated heterocycles. The maximum atomic E-state index is 12.7. The molecule has 2 heterocycles. The highest BCUT2D eigenvalue weighted by Crippen LogP contribution is 2.27. The van der Waals surface area contributed by atoms with Gasteiger partial charge in [-0.1, -0.05) is 29.2 Å². The molecule has 3 rings (SSSR count). The van der Waals surface area contributed by atoms with E-state index in [1.54, 1.807) is 7.11 Å². The van der Waals surface area contributed by atoms with Crippen molar-refractivity contribution >= 4 is 28.9 Å². The summed E-state index contributed by atoms with van der Waals surface area (Å²) < 4.78 is 8.21. The van der Waals surface area contributed by atoms with Gasteiger partial charge in [0.05, 0.1) is 12.9 Å². The van der Waals surface area contributed by atoms with Crippen molar-refractivity contribution in [2.45, 2.75) is 25.1 Å². The molecule has 0 bridgehead atoms. The third-order valence-corrected chi connectivity index (χ3v) is 5.85. The molecule has 0 atom stereocenters. The summed E-state index contributed by atoms with van der Waals surface area (Å²) in [6, 6.07) is 9.78. The average molecular weight is 374 g/mol. The van der Waals surface area contributed by atoms with Gasteiger partial charge in [0.15, 0.2) is 10.1 Å². The highest BCUT2D eigenvalue weighted by Gasteiger charge is 2.17. The molecule has 0 spiro atoms. The molecule has 0 aliphatic heterocycles. The number of hydrogen-bond acceptors (Lipinski definition) is 6. The normalized spacial score (nSPS) is 10.9. The first kappa shape index (κ1) is 17.7. The number of aryl methyl sites for hydroxylation is 2. The van der Waals surface area contributed by atoms with Crippen LogP contribution < -0.4 is 4.74 Å². The molecule has 7 heteroatoms. The zero-order chi connectivity index (χ0) is 18.0. The lowest BCUT2D eigenvalue weighted by Crippen LogP contribution is -2.05. The van der Waals surface area contributed by atoms with Crippen molar-refractivity contribution in [3.63, 3.8) is 0 Å². The molecule has 0 aliphatic rings.